The number of phenols is 1. The molecule has 14 atom stereocenters. The number of hydrogen-bond acceptors (Lipinski definition) is 26. The summed E-state index contributed by atoms with van der Waals surface area (Å²) in [6, 6.07) is 3.20. The summed E-state index contributed by atoms with van der Waals surface area (Å²) in [6.07, 6.45) is -0.213. The van der Waals surface area contributed by atoms with E-state index in [0.29, 0.717) is 28.8 Å². The third kappa shape index (κ3) is 36.1. The summed E-state index contributed by atoms with van der Waals surface area (Å²) in [5, 5.41) is 65.5. The van der Waals surface area contributed by atoms with E-state index in [1.54, 1.807) is 74.5 Å². The summed E-state index contributed by atoms with van der Waals surface area (Å²) in [5.74, 6) is -19.0. The number of likely N-dealkylation sites (tertiary alicyclic amines) is 2. The van der Waals surface area contributed by atoms with Gasteiger partial charge in [-0.15, -0.1) is 0 Å². The molecule has 2 aliphatic rings. The normalized spacial score (nSPS) is 16.2. The van der Waals surface area contributed by atoms with Gasteiger partial charge in [-0.3, -0.25) is 91.3 Å². The van der Waals surface area contributed by atoms with Crippen molar-refractivity contribution in [2.45, 2.75) is 214 Å². The number of imidazole rings is 1. The van der Waals surface area contributed by atoms with Crippen LogP contribution in [0, 0.1) is 5.92 Å². The van der Waals surface area contributed by atoms with Crippen molar-refractivity contribution in [2.75, 3.05) is 51.6 Å². The minimum atomic E-state index is -1.85. The Labute approximate surface area is 771 Å². The number of primary amides is 2. The third-order valence-corrected chi connectivity index (χ3v) is 21.6. The quantitative estimate of drug-likeness (QED) is 0.00845. The minimum Gasteiger partial charge on any atom is -0.508 e. The number of carbonyl (C=O) groups is 19. The van der Waals surface area contributed by atoms with Gasteiger partial charge >= 0.3 is 5.97 Å². The third-order valence-electron chi connectivity index (χ3n) is 21.0. The maximum Gasteiger partial charge on any atom is 0.326 e. The van der Waals surface area contributed by atoms with Crippen molar-refractivity contribution >= 4 is 144 Å². The van der Waals surface area contributed by atoms with Gasteiger partial charge < -0.3 is 133 Å². The van der Waals surface area contributed by atoms with E-state index < -0.39 is 234 Å². The van der Waals surface area contributed by atoms with Crippen LogP contribution in [0.3, 0.4) is 0 Å². The van der Waals surface area contributed by atoms with Gasteiger partial charge in [0.1, 0.15) is 78.3 Å². The number of aliphatic hydroxyl groups is 1. The number of aromatic nitrogens is 2. The number of carboxylic acid groups (broad SMARTS) is 1. The highest BCUT2D eigenvalue weighted by atomic mass is 32.1. The molecule has 1 aromatic heterocycles. The predicted octanol–water partition coefficient (Wildman–Crippen LogP) is -7.65. The lowest BCUT2D eigenvalue weighted by Gasteiger charge is -2.33. The van der Waals surface area contributed by atoms with Crippen LogP contribution < -0.4 is 103 Å². The molecule has 6 rings (SSSR count). The van der Waals surface area contributed by atoms with Crippen molar-refractivity contribution in [2.24, 2.45) is 39.6 Å². The van der Waals surface area contributed by atoms with Gasteiger partial charge in [-0.05, 0) is 107 Å². The number of rotatable bonds is 53. The van der Waals surface area contributed by atoms with E-state index in [9.17, 15) is 106 Å². The standard InChI is InChI=1S/C84H120N24O22S2/c1-44(2)31-53(74(121)103-58(34-48-22-24-50(110)25-23-48)81(128)108-30-13-20-60(108)78(125)104-59(42-131)77(124)102-57(36-63(87)112)72(119)95-41-67(116)107-29-14-21-61(107)82(129)130)97-65(114)39-92-64(113)38-93-71(118)54(32-46-15-8-6-9-16-46)100-75(122)56(35-49-37-90-43-96-49)98-66(115)40-94-79(126)68(45(3)109)105-80(127)69(84(4,5)132)106-76(123)55(33-47-17-10-7-11-18-47)101-73(120)52(19-12-28-91-83(88)89)99-70(117)51(85)26-27-62(86)111/h6-11,15-18,22-25,37,43-45,51-61,68-69,109-110,131-132H,12-14,19-21,26-36,38-42,85H2,1-5H3,(H2,86,111)(H2,87,112)(H,90,96)(H,92,113)(H,93,118)(H,94,126)(H,95,119)(H,97,114)(H,98,115)(H,99,117)(H,100,122)(H,101,120)(H,102,124)(H,103,121)(H,104,125)(H,105,127)(H,106,123)(H,129,130)(H4,88,89,91)/t45-,51+,52+,53+,54+,55+,56+,57+,58+,59-,60+,61+,68-,69+/m1/s1. The number of amides is 18. The fourth-order valence-corrected chi connectivity index (χ4v) is 14.6. The van der Waals surface area contributed by atoms with E-state index in [1.807, 2.05) is 0 Å². The van der Waals surface area contributed by atoms with Crippen LogP contribution in [0.25, 0.3) is 0 Å². The van der Waals surface area contributed by atoms with Crippen LogP contribution in [-0.2, 0) is 117 Å². The van der Waals surface area contributed by atoms with Crippen molar-refractivity contribution < 1.29 is 106 Å². The SMILES string of the molecule is CC(C)C[C@H](NC(=O)CNC(=O)CNC(=O)[C@H](Cc1ccccc1)NC(=O)[C@H](Cc1cnc[nH]1)NC(=O)CNC(=O)[C@H](NC(=O)[C@H](NC(=O)[C@H](Cc1ccccc1)NC(=O)[C@H](CCCN=C(N)N)NC(=O)[C@@H](N)CCC(N)=O)C(C)(C)S)[C@@H](C)O)C(=O)N[C@@H](Cc1ccc(O)cc1)C(=O)N1CCC[C@H]1C(=O)N[C@H](CS)C(=O)N[C@@H](CC(N)=O)C(=O)NCC(=O)N1CCC[C@H]1C(=O)O. The Bertz CT molecular complexity index is 4720. The number of aliphatic carboxylic acids is 1. The Kier molecular flexibility index (Phi) is 43.0. The number of thiol groups is 2. The van der Waals surface area contributed by atoms with Gasteiger partial charge in [-0.25, -0.2) is 9.78 Å². The van der Waals surface area contributed by atoms with E-state index in [0.717, 1.165) is 11.8 Å². The molecule has 18 amide bonds. The number of guanidine groups is 1. The first-order chi connectivity index (χ1) is 62.4. The number of aromatic hydroxyl groups is 1. The molecular formula is C84H120N24O22S2. The average molecular weight is 1880 g/mol. The molecule has 2 saturated heterocycles. The lowest BCUT2D eigenvalue weighted by atomic mass is 9.99. The van der Waals surface area contributed by atoms with Gasteiger partial charge in [0.2, 0.25) is 106 Å². The van der Waals surface area contributed by atoms with Gasteiger partial charge in [0.15, 0.2) is 5.96 Å². The monoisotopic (exact) mass is 1880 g/mol. The fraction of sp³-hybridized carbons (Fsp3) is 0.512. The van der Waals surface area contributed by atoms with Crippen LogP contribution in [0.1, 0.15) is 121 Å². The topological polar surface area (TPSA) is 731 Å². The van der Waals surface area contributed by atoms with E-state index >= 15 is 0 Å². The van der Waals surface area contributed by atoms with Gasteiger partial charge in [0.05, 0.1) is 51.1 Å². The first-order valence-corrected chi connectivity index (χ1v) is 43.7. The maximum atomic E-state index is 14.8. The van der Waals surface area contributed by atoms with Crippen molar-refractivity contribution in [3.05, 3.63) is 120 Å². The van der Waals surface area contributed by atoms with Crippen molar-refractivity contribution in [1.29, 1.82) is 0 Å². The van der Waals surface area contributed by atoms with Crippen molar-refractivity contribution in [3.63, 3.8) is 0 Å². The molecule has 3 aromatic carbocycles. The summed E-state index contributed by atoms with van der Waals surface area (Å²) in [4.78, 5) is 272. The highest BCUT2D eigenvalue weighted by Gasteiger charge is 2.44. The molecule has 0 bridgehead atoms. The number of nitrogens with two attached hydrogens (primary N) is 5. The van der Waals surface area contributed by atoms with Crippen LogP contribution in [-0.4, -0.2) is 294 Å². The molecule has 0 unspecified atom stereocenters. The molecule has 2 fully saturated rings. The van der Waals surface area contributed by atoms with Crippen LogP contribution in [0.15, 0.2) is 102 Å². The second kappa shape index (κ2) is 53.0. The predicted molar refractivity (Wildman–Crippen MR) is 481 cm³/mol. The number of nitrogens with one attached hydrogen (secondary N) is 15. The zero-order chi connectivity index (χ0) is 97.6. The number of nitrogens with zero attached hydrogens (tertiary/aromatic N) is 4. The van der Waals surface area contributed by atoms with Crippen LogP contribution in [0.2, 0.25) is 0 Å². The Morgan fingerprint density at radius 2 is 1.02 bits per heavy atom. The molecule has 28 N–H and O–H groups in total. The van der Waals surface area contributed by atoms with E-state index in [2.05, 4.69) is 115 Å². The molecule has 4 aromatic rings. The van der Waals surface area contributed by atoms with Crippen LogP contribution in [0.5, 0.6) is 5.75 Å². The number of hydrogen-bond donors (Lipinski definition) is 25. The summed E-state index contributed by atoms with van der Waals surface area (Å²) >= 11 is 8.82. The van der Waals surface area contributed by atoms with E-state index in [1.165, 1.54) is 55.5 Å². The Morgan fingerprint density at radius 3 is 1.58 bits per heavy atom. The first kappa shape index (κ1) is 107. The number of benzene rings is 3. The zero-order valence-electron chi connectivity index (χ0n) is 73.6. The fourth-order valence-electron chi connectivity index (χ4n) is 14.1. The van der Waals surface area contributed by atoms with Crippen molar-refractivity contribution in [1.82, 2.24) is 94.2 Å². The number of aromatic amines is 1. The van der Waals surface area contributed by atoms with E-state index in [-0.39, 0.29) is 120 Å². The molecule has 0 radical (unpaired) electrons. The summed E-state index contributed by atoms with van der Waals surface area (Å²) in [6.45, 7) is 4.44. The number of aliphatic imine (C=N–C) groups is 1. The lowest BCUT2D eigenvalue weighted by molar-refractivity contribution is -0.148. The summed E-state index contributed by atoms with van der Waals surface area (Å²) < 4.78 is -1.48. The molecule has 48 heteroatoms. The highest BCUT2D eigenvalue weighted by molar-refractivity contribution is 7.81. The number of carbonyl (C=O) groups excluding carboxylic acids is 18. The lowest BCUT2D eigenvalue weighted by Crippen LogP contribution is -2.64. The van der Waals surface area contributed by atoms with Gasteiger partial charge in [0, 0.05) is 74.1 Å². The van der Waals surface area contributed by atoms with Crippen LogP contribution >= 0.6 is 25.3 Å². The smallest absolute Gasteiger partial charge is 0.326 e. The second-order valence-electron chi connectivity index (χ2n) is 32.7. The van der Waals surface area contributed by atoms with Crippen molar-refractivity contribution in [3.8, 4) is 5.75 Å². The average Bonchev–Trinajstić information content (AvgIpc) is 1.70. The summed E-state index contributed by atoms with van der Waals surface area (Å²) in [5.41, 5.74) is 29.4. The molecule has 2 aliphatic heterocycles. The maximum absolute atomic E-state index is 14.8. The Hall–Kier alpha value is -13.5. The minimum absolute atomic E-state index is 0.0290. The first-order valence-electron chi connectivity index (χ1n) is 42.6. The largest absolute Gasteiger partial charge is 0.508 e. The Morgan fingerprint density at radius 1 is 0.523 bits per heavy atom. The molecule has 0 saturated carbocycles. The molecule has 720 valence electrons. The zero-order valence-corrected chi connectivity index (χ0v) is 75.4. The second-order valence-corrected chi connectivity index (χ2v) is 34.2. The van der Waals surface area contributed by atoms with Crippen LogP contribution in [0.4, 0.5) is 0 Å². The summed E-state index contributed by atoms with van der Waals surface area (Å²) in [7, 11) is 0. The van der Waals surface area contributed by atoms with Gasteiger partial charge in [-0.2, -0.15) is 25.3 Å². The van der Waals surface area contributed by atoms with Gasteiger partial charge in [-0.1, -0.05) is 86.6 Å². The number of aliphatic hydroxyl groups excluding tert-OH is 1. The number of carboxylic acids is 1. The highest BCUT2D eigenvalue weighted by Crippen LogP contribution is 2.24. The number of H-pyrrole nitrogens is 1. The molecule has 3 heterocycles. The van der Waals surface area contributed by atoms with E-state index in [4.69, 9.17) is 28.7 Å². The molecular weight excluding hydrogens is 1760 g/mol. The molecule has 46 nitrogen and oxygen atoms in total. The Balaban J connectivity index is 1.09. The molecule has 0 aliphatic carbocycles. The molecule has 132 heavy (non-hydrogen) atoms. The van der Waals surface area contributed by atoms with Gasteiger partial charge in [0.25, 0.3) is 0 Å². The molecule has 0 spiro atoms. The number of phenolic OH excluding ortho intramolecular Hbond substituents is 1.